The summed E-state index contributed by atoms with van der Waals surface area (Å²) >= 11 is 0. The van der Waals surface area contributed by atoms with Crippen LogP contribution < -0.4 is 5.32 Å². The lowest BCUT2D eigenvalue weighted by molar-refractivity contribution is 0.0927. The predicted octanol–water partition coefficient (Wildman–Crippen LogP) is 3.67. The van der Waals surface area contributed by atoms with Crippen molar-refractivity contribution >= 4 is 15.7 Å². The fourth-order valence-corrected chi connectivity index (χ4v) is 6.07. The highest BCUT2D eigenvalue weighted by Gasteiger charge is 2.32. The molecule has 2 fully saturated rings. The number of aromatic nitrogens is 2. The van der Waals surface area contributed by atoms with Crippen molar-refractivity contribution in [2.75, 3.05) is 11.5 Å². The maximum absolute atomic E-state index is 12.9. The maximum Gasteiger partial charge on any atom is 0.272 e. The van der Waals surface area contributed by atoms with Crippen molar-refractivity contribution in [1.29, 1.82) is 0 Å². The van der Waals surface area contributed by atoms with Gasteiger partial charge in [-0.3, -0.25) is 9.48 Å². The minimum Gasteiger partial charge on any atom is -0.348 e. The highest BCUT2D eigenvalue weighted by Crippen LogP contribution is 2.30. The average molecular weight is 416 g/mol. The van der Waals surface area contributed by atoms with E-state index in [-0.39, 0.29) is 29.5 Å². The first-order chi connectivity index (χ1) is 13.9. The normalized spacial score (nSPS) is 22.3. The second kappa shape index (κ2) is 8.30. The number of rotatable bonds is 4. The Labute approximate surface area is 172 Å². The van der Waals surface area contributed by atoms with Crippen LogP contribution in [-0.4, -0.2) is 41.7 Å². The highest BCUT2D eigenvalue weighted by molar-refractivity contribution is 7.91. The Bertz CT molecular complexity index is 971. The summed E-state index contributed by atoms with van der Waals surface area (Å²) in [7, 11) is -3.05. The van der Waals surface area contributed by atoms with E-state index in [0.717, 1.165) is 42.5 Å². The Morgan fingerprint density at radius 1 is 1.07 bits per heavy atom. The number of aryl methyl sites for hydroxylation is 1. The second-order valence-electron chi connectivity index (χ2n) is 8.44. The molecule has 1 aliphatic carbocycles. The van der Waals surface area contributed by atoms with Crippen molar-refractivity contribution in [1.82, 2.24) is 15.1 Å². The summed E-state index contributed by atoms with van der Waals surface area (Å²) in [6, 6.07) is 9.81. The monoisotopic (exact) mass is 415 g/mol. The molecule has 2 heterocycles. The number of sulfone groups is 1. The summed E-state index contributed by atoms with van der Waals surface area (Å²) < 4.78 is 25.8. The predicted molar refractivity (Wildman–Crippen MR) is 114 cm³/mol. The zero-order valence-corrected chi connectivity index (χ0v) is 17.7. The first kappa shape index (κ1) is 20.1. The van der Waals surface area contributed by atoms with Crippen LogP contribution in [0.15, 0.2) is 30.3 Å². The third kappa shape index (κ3) is 4.71. The van der Waals surface area contributed by atoms with E-state index in [4.69, 9.17) is 0 Å². The Balaban J connectivity index is 1.63. The van der Waals surface area contributed by atoms with Gasteiger partial charge in [0.25, 0.3) is 5.91 Å². The summed E-state index contributed by atoms with van der Waals surface area (Å²) in [5.74, 6) is 0.0935. The summed E-state index contributed by atoms with van der Waals surface area (Å²) in [6.45, 7) is 2.02. The fraction of sp³-hybridized carbons (Fsp3) is 0.545. The highest BCUT2D eigenvalue weighted by atomic mass is 32.2. The third-order valence-electron chi connectivity index (χ3n) is 6.06. The van der Waals surface area contributed by atoms with Gasteiger partial charge in [-0.05, 0) is 37.8 Å². The van der Waals surface area contributed by atoms with Gasteiger partial charge in [0.1, 0.15) is 0 Å². The minimum absolute atomic E-state index is 0.0806. The van der Waals surface area contributed by atoms with Crippen molar-refractivity contribution < 1.29 is 13.2 Å². The van der Waals surface area contributed by atoms with Crippen molar-refractivity contribution in [2.24, 2.45) is 0 Å². The Hall–Kier alpha value is -2.15. The molecule has 0 radical (unpaired) electrons. The fourth-order valence-electron chi connectivity index (χ4n) is 4.37. The summed E-state index contributed by atoms with van der Waals surface area (Å²) in [4.78, 5) is 12.9. The molecule has 2 aromatic rings. The van der Waals surface area contributed by atoms with E-state index < -0.39 is 9.84 Å². The summed E-state index contributed by atoms with van der Waals surface area (Å²) in [5, 5.41) is 7.74. The van der Waals surface area contributed by atoms with E-state index in [1.807, 2.05) is 37.3 Å². The SMILES string of the molecule is Cc1ccc(-c2cc(C(=O)NC3CCCCCC3)nn2[C@H]2CCS(=O)(=O)C2)cc1. The van der Waals surface area contributed by atoms with Crippen molar-refractivity contribution in [3.8, 4) is 11.3 Å². The van der Waals surface area contributed by atoms with Crippen LogP contribution in [0.1, 0.15) is 67.0 Å². The summed E-state index contributed by atoms with van der Waals surface area (Å²) in [6.07, 6.45) is 7.31. The van der Waals surface area contributed by atoms with Gasteiger partial charge >= 0.3 is 0 Å². The largest absolute Gasteiger partial charge is 0.348 e. The molecular formula is C22H29N3O3S. The van der Waals surface area contributed by atoms with Crippen LogP contribution in [0.25, 0.3) is 11.3 Å². The molecular weight excluding hydrogens is 386 g/mol. The number of nitrogens with zero attached hydrogens (tertiary/aromatic N) is 2. The Kier molecular flexibility index (Phi) is 5.76. The molecule has 156 valence electrons. The lowest BCUT2D eigenvalue weighted by atomic mass is 10.1. The van der Waals surface area contributed by atoms with Gasteiger partial charge in [0.05, 0.1) is 23.2 Å². The lowest BCUT2D eigenvalue weighted by Crippen LogP contribution is -2.34. The zero-order valence-electron chi connectivity index (χ0n) is 16.9. The number of carbonyl (C=O) groups excluding carboxylic acids is 1. The standard InChI is InChI=1S/C22H29N3O3S/c1-16-8-10-17(11-9-16)21-14-20(22(26)23-18-6-4-2-3-5-7-18)24-25(21)19-12-13-29(27,28)15-19/h8-11,14,18-19H,2-7,12-13,15H2,1H3,(H,23,26)/t19-/m0/s1. The van der Waals surface area contributed by atoms with E-state index in [9.17, 15) is 13.2 Å². The van der Waals surface area contributed by atoms with E-state index in [1.54, 1.807) is 4.68 Å². The lowest BCUT2D eigenvalue weighted by Gasteiger charge is -2.15. The van der Waals surface area contributed by atoms with Crippen molar-refractivity contribution in [3.63, 3.8) is 0 Å². The van der Waals surface area contributed by atoms with Gasteiger partial charge < -0.3 is 5.32 Å². The molecule has 1 amide bonds. The van der Waals surface area contributed by atoms with Crippen LogP contribution in [0.3, 0.4) is 0 Å². The van der Waals surface area contributed by atoms with Gasteiger partial charge in [0.15, 0.2) is 15.5 Å². The molecule has 1 aromatic carbocycles. The molecule has 1 aromatic heterocycles. The molecule has 1 aliphatic heterocycles. The smallest absolute Gasteiger partial charge is 0.272 e. The molecule has 6 nitrogen and oxygen atoms in total. The summed E-state index contributed by atoms with van der Waals surface area (Å²) in [5.41, 5.74) is 3.27. The molecule has 1 atom stereocenters. The quantitative estimate of drug-likeness (QED) is 0.773. The maximum atomic E-state index is 12.9. The van der Waals surface area contributed by atoms with Crippen LogP contribution in [0.4, 0.5) is 0 Å². The molecule has 1 saturated carbocycles. The van der Waals surface area contributed by atoms with Gasteiger partial charge in [0.2, 0.25) is 0 Å². The van der Waals surface area contributed by atoms with Crippen LogP contribution in [0.5, 0.6) is 0 Å². The van der Waals surface area contributed by atoms with Gasteiger partial charge in [-0.15, -0.1) is 0 Å². The van der Waals surface area contributed by atoms with E-state index in [1.165, 1.54) is 12.8 Å². The molecule has 4 rings (SSSR count). The molecule has 29 heavy (non-hydrogen) atoms. The third-order valence-corrected chi connectivity index (χ3v) is 7.81. The molecule has 0 bridgehead atoms. The van der Waals surface area contributed by atoms with Crippen LogP contribution in [0, 0.1) is 6.92 Å². The van der Waals surface area contributed by atoms with Crippen molar-refractivity contribution in [2.45, 2.75) is 64.0 Å². The van der Waals surface area contributed by atoms with Gasteiger partial charge in [0, 0.05) is 6.04 Å². The molecule has 2 aliphatic rings. The molecule has 1 saturated heterocycles. The van der Waals surface area contributed by atoms with E-state index in [2.05, 4.69) is 10.4 Å². The molecule has 7 heteroatoms. The van der Waals surface area contributed by atoms with E-state index >= 15 is 0 Å². The Morgan fingerprint density at radius 2 is 1.76 bits per heavy atom. The first-order valence-electron chi connectivity index (χ1n) is 10.6. The second-order valence-corrected chi connectivity index (χ2v) is 10.7. The number of benzene rings is 1. The van der Waals surface area contributed by atoms with Gasteiger partial charge in [-0.2, -0.15) is 5.10 Å². The number of amides is 1. The first-order valence-corrected chi connectivity index (χ1v) is 12.4. The molecule has 1 N–H and O–H groups in total. The van der Waals surface area contributed by atoms with Gasteiger partial charge in [-0.25, -0.2) is 8.42 Å². The average Bonchev–Trinajstić information content (AvgIpc) is 3.18. The van der Waals surface area contributed by atoms with Gasteiger partial charge in [-0.1, -0.05) is 55.5 Å². The zero-order chi connectivity index (χ0) is 20.4. The van der Waals surface area contributed by atoms with Crippen LogP contribution >= 0.6 is 0 Å². The number of hydrogen-bond donors (Lipinski definition) is 1. The minimum atomic E-state index is -3.05. The molecule has 0 unspecified atom stereocenters. The number of carbonyl (C=O) groups is 1. The van der Waals surface area contributed by atoms with Crippen LogP contribution in [0.2, 0.25) is 0 Å². The number of hydrogen-bond acceptors (Lipinski definition) is 4. The molecule has 0 spiro atoms. The topological polar surface area (TPSA) is 81.1 Å². The van der Waals surface area contributed by atoms with E-state index in [0.29, 0.717) is 12.1 Å². The Morgan fingerprint density at radius 3 is 2.38 bits per heavy atom. The van der Waals surface area contributed by atoms with Crippen LogP contribution in [-0.2, 0) is 9.84 Å². The number of nitrogens with one attached hydrogen (secondary N) is 1. The van der Waals surface area contributed by atoms with Crippen molar-refractivity contribution in [3.05, 3.63) is 41.6 Å².